The van der Waals surface area contributed by atoms with E-state index in [4.69, 9.17) is 10.5 Å². The van der Waals surface area contributed by atoms with Crippen molar-refractivity contribution in [3.05, 3.63) is 57.9 Å². The van der Waals surface area contributed by atoms with Crippen molar-refractivity contribution in [3.63, 3.8) is 0 Å². The van der Waals surface area contributed by atoms with Gasteiger partial charge in [0.2, 0.25) is 0 Å². The number of benzene rings is 1. The van der Waals surface area contributed by atoms with E-state index in [9.17, 15) is 5.11 Å². The zero-order chi connectivity index (χ0) is 23.1. The molecule has 5 nitrogen and oxygen atoms in total. The van der Waals surface area contributed by atoms with Crippen LogP contribution in [0.2, 0.25) is 0 Å². The maximum absolute atomic E-state index is 10.3. The second-order valence-corrected chi connectivity index (χ2v) is 9.86. The van der Waals surface area contributed by atoms with Crippen molar-refractivity contribution in [2.75, 3.05) is 33.4 Å². The van der Waals surface area contributed by atoms with Crippen LogP contribution in [0.15, 0.2) is 41.9 Å². The number of aliphatic hydroxyl groups is 1. The van der Waals surface area contributed by atoms with Gasteiger partial charge in [0.05, 0.1) is 24.0 Å². The van der Waals surface area contributed by atoms with Gasteiger partial charge >= 0.3 is 0 Å². The van der Waals surface area contributed by atoms with E-state index in [0.29, 0.717) is 6.54 Å². The summed E-state index contributed by atoms with van der Waals surface area (Å²) in [5.74, 6) is 7.38. The number of aromatic nitrogens is 1. The Morgan fingerprint density at radius 2 is 2.12 bits per heavy atom. The summed E-state index contributed by atoms with van der Waals surface area (Å²) in [6.07, 6.45) is 6.88. The Balaban J connectivity index is 1.37. The fourth-order valence-corrected chi connectivity index (χ4v) is 5.36. The summed E-state index contributed by atoms with van der Waals surface area (Å²) >= 11 is 1.68. The Labute approximate surface area is 200 Å². The highest BCUT2D eigenvalue weighted by Crippen LogP contribution is 2.37. The highest BCUT2D eigenvalue weighted by atomic mass is 32.1. The average Bonchev–Trinajstić information content (AvgIpc) is 3.38. The van der Waals surface area contributed by atoms with Crippen LogP contribution in [0.3, 0.4) is 0 Å². The first kappa shape index (κ1) is 23.7. The number of aryl methyl sites for hydroxylation is 1. The number of likely N-dealkylation sites (tertiary alicyclic amines) is 1. The summed E-state index contributed by atoms with van der Waals surface area (Å²) in [5, 5.41) is 13.5. The summed E-state index contributed by atoms with van der Waals surface area (Å²) in [7, 11) is 1.69. The van der Waals surface area contributed by atoms with E-state index in [-0.39, 0.29) is 12.0 Å². The molecule has 0 spiro atoms. The first-order valence-corrected chi connectivity index (χ1v) is 12.5. The Morgan fingerprint density at radius 1 is 1.27 bits per heavy atom. The predicted molar refractivity (Wildman–Crippen MR) is 136 cm³/mol. The van der Waals surface area contributed by atoms with Crippen LogP contribution in [0.5, 0.6) is 5.75 Å². The van der Waals surface area contributed by atoms with Crippen LogP contribution in [-0.4, -0.2) is 48.3 Å². The largest absolute Gasteiger partial charge is 0.497 e. The standard InChI is InChI=1S/C27H33N3O2S/c1-32-22-8-9-26-25(17-22)24(21(18-28)19-29-26)7-2-10-27(20-31)11-14-30(15-12-27)13-3-5-23-6-4-16-33-23/h4,6,8-9,16-17,19,31H,2,7,10-15,18,20,28H2,1H3. The molecule has 3 N–H and O–H groups in total. The number of fused-ring (bicyclic) bond motifs is 1. The molecule has 0 radical (unpaired) electrons. The van der Waals surface area contributed by atoms with Crippen molar-refractivity contribution in [1.29, 1.82) is 0 Å². The smallest absolute Gasteiger partial charge is 0.119 e. The number of hydrogen-bond acceptors (Lipinski definition) is 6. The quantitative estimate of drug-likeness (QED) is 0.490. The minimum Gasteiger partial charge on any atom is -0.497 e. The van der Waals surface area contributed by atoms with E-state index < -0.39 is 0 Å². The Kier molecular flexibility index (Phi) is 8.00. The summed E-state index contributed by atoms with van der Waals surface area (Å²) in [5.41, 5.74) is 9.36. The minimum atomic E-state index is 0.00107. The molecule has 0 aliphatic carbocycles. The predicted octanol–water partition coefficient (Wildman–Crippen LogP) is 4.21. The third-order valence-corrected chi connectivity index (χ3v) is 7.70. The molecule has 3 aromatic rings. The fraction of sp³-hybridized carbons (Fsp3) is 0.444. The zero-order valence-corrected chi connectivity index (χ0v) is 20.2. The Morgan fingerprint density at radius 3 is 2.82 bits per heavy atom. The first-order valence-electron chi connectivity index (χ1n) is 11.7. The third-order valence-electron chi connectivity index (χ3n) is 6.92. The number of nitrogens with zero attached hydrogens (tertiary/aromatic N) is 2. The number of ether oxygens (including phenoxy) is 1. The van der Waals surface area contributed by atoms with Gasteiger partial charge in [-0.2, -0.15) is 0 Å². The summed E-state index contributed by atoms with van der Waals surface area (Å²) in [4.78, 5) is 8.10. The van der Waals surface area contributed by atoms with Gasteiger partial charge in [0.1, 0.15) is 5.75 Å². The number of piperidine rings is 1. The number of aliphatic hydroxyl groups excluding tert-OH is 1. The number of methoxy groups -OCH3 is 1. The fourth-order valence-electron chi connectivity index (χ4n) is 4.77. The van der Waals surface area contributed by atoms with Crippen LogP contribution in [0.1, 0.15) is 41.7 Å². The van der Waals surface area contributed by atoms with Gasteiger partial charge in [0.15, 0.2) is 0 Å². The molecule has 2 aromatic heterocycles. The molecule has 0 unspecified atom stereocenters. The van der Waals surface area contributed by atoms with Crippen molar-refractivity contribution in [2.45, 2.75) is 38.6 Å². The van der Waals surface area contributed by atoms with Gasteiger partial charge in [-0.15, -0.1) is 11.3 Å². The molecular formula is C27H33N3O2S. The molecule has 0 amide bonds. The van der Waals surface area contributed by atoms with E-state index in [1.807, 2.05) is 24.4 Å². The van der Waals surface area contributed by atoms with E-state index in [1.54, 1.807) is 18.4 Å². The van der Waals surface area contributed by atoms with Gasteiger partial charge in [-0.05, 0) is 91.4 Å². The van der Waals surface area contributed by atoms with E-state index in [0.717, 1.165) is 78.8 Å². The lowest BCUT2D eigenvalue weighted by atomic mass is 9.75. The maximum Gasteiger partial charge on any atom is 0.119 e. The summed E-state index contributed by atoms with van der Waals surface area (Å²) in [6, 6.07) is 10.1. The molecule has 0 saturated carbocycles. The van der Waals surface area contributed by atoms with Crippen LogP contribution >= 0.6 is 11.3 Å². The maximum atomic E-state index is 10.3. The molecule has 3 heterocycles. The minimum absolute atomic E-state index is 0.00107. The number of hydrogen-bond donors (Lipinski definition) is 2. The molecule has 0 bridgehead atoms. The SMILES string of the molecule is COc1ccc2ncc(CN)c(CCCC3(CO)CCN(CC#Cc4cccs4)CC3)c2c1. The Bertz CT molecular complexity index is 1100. The van der Waals surface area contributed by atoms with Crippen molar-refractivity contribution in [1.82, 2.24) is 9.88 Å². The van der Waals surface area contributed by atoms with Gasteiger partial charge in [-0.3, -0.25) is 9.88 Å². The molecule has 4 rings (SSSR count). The second kappa shape index (κ2) is 11.1. The average molecular weight is 464 g/mol. The lowest BCUT2D eigenvalue weighted by Crippen LogP contribution is -2.42. The van der Waals surface area contributed by atoms with Crippen molar-refractivity contribution < 1.29 is 9.84 Å². The topological polar surface area (TPSA) is 71.6 Å². The molecule has 1 aromatic carbocycles. The van der Waals surface area contributed by atoms with Gasteiger partial charge in [0.25, 0.3) is 0 Å². The van der Waals surface area contributed by atoms with Crippen molar-refractivity contribution >= 4 is 22.2 Å². The van der Waals surface area contributed by atoms with Crippen LogP contribution in [0.25, 0.3) is 10.9 Å². The van der Waals surface area contributed by atoms with Crippen molar-refractivity contribution in [3.8, 4) is 17.6 Å². The zero-order valence-electron chi connectivity index (χ0n) is 19.3. The normalized spacial score (nSPS) is 15.8. The van der Waals surface area contributed by atoms with Crippen LogP contribution in [0.4, 0.5) is 0 Å². The van der Waals surface area contributed by atoms with E-state index in [2.05, 4.69) is 39.2 Å². The molecule has 1 aliphatic heterocycles. The van der Waals surface area contributed by atoms with E-state index >= 15 is 0 Å². The molecule has 33 heavy (non-hydrogen) atoms. The first-order chi connectivity index (χ1) is 16.2. The molecule has 6 heteroatoms. The monoisotopic (exact) mass is 463 g/mol. The number of pyridine rings is 1. The molecule has 1 fully saturated rings. The highest BCUT2D eigenvalue weighted by Gasteiger charge is 2.33. The molecular weight excluding hydrogens is 430 g/mol. The summed E-state index contributed by atoms with van der Waals surface area (Å²) in [6.45, 7) is 3.49. The van der Waals surface area contributed by atoms with Crippen LogP contribution in [0, 0.1) is 17.3 Å². The molecule has 1 aliphatic rings. The van der Waals surface area contributed by atoms with Gasteiger partial charge in [0, 0.05) is 24.7 Å². The second-order valence-electron chi connectivity index (χ2n) is 8.92. The molecule has 0 atom stereocenters. The number of rotatable bonds is 8. The lowest BCUT2D eigenvalue weighted by molar-refractivity contribution is 0.0401. The van der Waals surface area contributed by atoms with Gasteiger partial charge in [-0.25, -0.2) is 0 Å². The molecule has 174 valence electrons. The van der Waals surface area contributed by atoms with Crippen LogP contribution in [-0.2, 0) is 13.0 Å². The van der Waals surface area contributed by atoms with Crippen LogP contribution < -0.4 is 10.5 Å². The Hall–Kier alpha value is -2.43. The third kappa shape index (κ3) is 5.74. The number of nitrogens with two attached hydrogens (primary N) is 1. The van der Waals surface area contributed by atoms with Gasteiger partial charge in [-0.1, -0.05) is 17.9 Å². The van der Waals surface area contributed by atoms with Gasteiger partial charge < -0.3 is 15.6 Å². The summed E-state index contributed by atoms with van der Waals surface area (Å²) < 4.78 is 5.44. The van der Waals surface area contributed by atoms with Crippen molar-refractivity contribution in [2.24, 2.45) is 11.1 Å². The highest BCUT2D eigenvalue weighted by molar-refractivity contribution is 7.10. The number of thiophene rings is 1. The lowest BCUT2D eigenvalue weighted by Gasteiger charge is -2.40. The molecule has 1 saturated heterocycles. The van der Waals surface area contributed by atoms with E-state index in [1.165, 1.54) is 5.56 Å².